The summed E-state index contributed by atoms with van der Waals surface area (Å²) in [6.45, 7) is 6.33. The minimum Gasteiger partial charge on any atom is -0.310 e. The van der Waals surface area contributed by atoms with Crippen LogP contribution in [0.1, 0.15) is 25.0 Å². The van der Waals surface area contributed by atoms with Crippen molar-refractivity contribution in [2.45, 2.75) is 33.4 Å². The highest BCUT2D eigenvalue weighted by Crippen LogP contribution is 2.32. The molecule has 0 bridgehead atoms. The third-order valence-corrected chi connectivity index (χ3v) is 3.60. The fraction of sp³-hybridized carbons (Fsp3) is 0.294. The normalized spacial score (nSPS) is 11.2. The summed E-state index contributed by atoms with van der Waals surface area (Å²) < 4.78 is 27.7. The second kappa shape index (κ2) is 6.54. The molecule has 1 nitrogen and oxygen atoms in total. The topological polar surface area (TPSA) is 12.0 Å². The predicted molar refractivity (Wildman–Crippen MR) is 83.5 cm³/mol. The molecule has 0 aliphatic carbocycles. The molecule has 0 radical (unpaired) electrons. The van der Waals surface area contributed by atoms with E-state index >= 15 is 0 Å². The fourth-order valence-corrected chi connectivity index (χ4v) is 2.37. The second-order valence-electron chi connectivity index (χ2n) is 5.43. The maximum Gasteiger partial charge on any atom is 0.131 e. The molecule has 1 N–H and O–H groups in total. The molecule has 0 atom stereocenters. The van der Waals surface area contributed by atoms with Gasteiger partial charge in [-0.2, -0.15) is 0 Å². The summed E-state index contributed by atoms with van der Waals surface area (Å²) in [5.41, 5.74) is 1.98. The number of halogens is 3. The van der Waals surface area contributed by atoms with E-state index in [9.17, 15) is 8.78 Å². The van der Waals surface area contributed by atoms with E-state index in [2.05, 4.69) is 19.2 Å². The van der Waals surface area contributed by atoms with Crippen LogP contribution < -0.4 is 5.32 Å². The van der Waals surface area contributed by atoms with E-state index in [0.29, 0.717) is 23.2 Å². The first-order chi connectivity index (χ1) is 9.88. The lowest BCUT2D eigenvalue weighted by Gasteiger charge is -2.11. The lowest BCUT2D eigenvalue weighted by molar-refractivity contribution is 0.589. The summed E-state index contributed by atoms with van der Waals surface area (Å²) in [5.74, 6) is -0.906. The van der Waals surface area contributed by atoms with Crippen molar-refractivity contribution in [3.05, 3.63) is 58.1 Å². The van der Waals surface area contributed by atoms with Crippen molar-refractivity contribution in [2.24, 2.45) is 0 Å². The molecule has 0 aliphatic rings. The van der Waals surface area contributed by atoms with Crippen molar-refractivity contribution in [3.63, 3.8) is 0 Å². The van der Waals surface area contributed by atoms with Gasteiger partial charge in [0.1, 0.15) is 11.6 Å². The molecule has 0 saturated carbocycles. The van der Waals surface area contributed by atoms with Crippen LogP contribution in [0.25, 0.3) is 11.1 Å². The number of rotatable bonds is 4. The highest BCUT2D eigenvalue weighted by atomic mass is 35.5. The van der Waals surface area contributed by atoms with Crippen molar-refractivity contribution >= 4 is 11.6 Å². The second-order valence-corrected chi connectivity index (χ2v) is 5.84. The zero-order valence-electron chi connectivity index (χ0n) is 12.3. The maximum absolute atomic E-state index is 14.0. The Morgan fingerprint density at radius 2 is 1.76 bits per heavy atom. The number of benzene rings is 2. The summed E-state index contributed by atoms with van der Waals surface area (Å²) >= 11 is 6.23. The third-order valence-electron chi connectivity index (χ3n) is 3.29. The van der Waals surface area contributed by atoms with Crippen molar-refractivity contribution in [1.29, 1.82) is 0 Å². The van der Waals surface area contributed by atoms with E-state index < -0.39 is 11.6 Å². The van der Waals surface area contributed by atoms with Crippen LogP contribution in [0.4, 0.5) is 8.78 Å². The molecule has 112 valence electrons. The first-order valence-corrected chi connectivity index (χ1v) is 7.24. The van der Waals surface area contributed by atoms with Crippen LogP contribution >= 0.6 is 11.6 Å². The van der Waals surface area contributed by atoms with Gasteiger partial charge in [-0.05, 0) is 36.2 Å². The monoisotopic (exact) mass is 309 g/mol. The van der Waals surface area contributed by atoms with Crippen molar-refractivity contribution in [1.82, 2.24) is 5.32 Å². The van der Waals surface area contributed by atoms with Gasteiger partial charge in [-0.15, -0.1) is 0 Å². The quantitative estimate of drug-likeness (QED) is 0.829. The molecule has 4 heteroatoms. The van der Waals surface area contributed by atoms with Gasteiger partial charge < -0.3 is 5.32 Å². The number of hydrogen-bond donors (Lipinski definition) is 1. The smallest absolute Gasteiger partial charge is 0.131 e. The van der Waals surface area contributed by atoms with Crippen molar-refractivity contribution in [3.8, 4) is 11.1 Å². The Labute approximate surface area is 128 Å². The van der Waals surface area contributed by atoms with E-state index in [4.69, 9.17) is 11.6 Å². The molecular formula is C17H18ClF2N. The van der Waals surface area contributed by atoms with E-state index in [0.717, 1.165) is 5.56 Å². The van der Waals surface area contributed by atoms with Crippen LogP contribution in [0.5, 0.6) is 0 Å². The van der Waals surface area contributed by atoms with Crippen LogP contribution in [0.3, 0.4) is 0 Å². The summed E-state index contributed by atoms with van der Waals surface area (Å²) in [5, 5.41) is 3.70. The van der Waals surface area contributed by atoms with E-state index in [1.54, 1.807) is 12.1 Å². The average Bonchev–Trinajstić information content (AvgIpc) is 2.41. The van der Waals surface area contributed by atoms with Gasteiger partial charge in [-0.3, -0.25) is 0 Å². The first-order valence-electron chi connectivity index (χ1n) is 6.86. The Hall–Kier alpha value is -1.45. The van der Waals surface area contributed by atoms with E-state index in [-0.39, 0.29) is 11.1 Å². The van der Waals surface area contributed by atoms with Gasteiger partial charge in [0, 0.05) is 28.7 Å². The standard InChI is InChI=1S/C17H18ClF2N/c1-10(2)21-9-12-4-5-13(15(18)7-12)14-8-16(19)11(3)6-17(14)20/h4-8,10,21H,9H2,1-3H3. The molecule has 0 spiro atoms. The highest BCUT2D eigenvalue weighted by molar-refractivity contribution is 6.33. The molecular weight excluding hydrogens is 292 g/mol. The number of nitrogens with one attached hydrogen (secondary N) is 1. The summed E-state index contributed by atoms with van der Waals surface area (Å²) in [6.07, 6.45) is 0. The van der Waals surface area contributed by atoms with Crippen LogP contribution in [0.2, 0.25) is 5.02 Å². The molecule has 0 fully saturated rings. The van der Waals surface area contributed by atoms with E-state index in [1.807, 2.05) is 6.07 Å². The molecule has 0 saturated heterocycles. The van der Waals surface area contributed by atoms with Crippen LogP contribution in [-0.2, 0) is 6.54 Å². The van der Waals surface area contributed by atoms with Gasteiger partial charge in [0.05, 0.1) is 0 Å². The predicted octanol–water partition coefficient (Wildman–Crippen LogP) is 5.09. The van der Waals surface area contributed by atoms with Gasteiger partial charge in [0.15, 0.2) is 0 Å². The molecule has 0 aromatic heterocycles. The Morgan fingerprint density at radius 1 is 1.05 bits per heavy atom. The van der Waals surface area contributed by atoms with Gasteiger partial charge in [-0.1, -0.05) is 37.6 Å². The fourth-order valence-electron chi connectivity index (χ4n) is 2.06. The molecule has 0 amide bonds. The summed E-state index contributed by atoms with van der Waals surface area (Å²) in [6, 6.07) is 8.13. The Kier molecular flexibility index (Phi) is 4.96. The largest absolute Gasteiger partial charge is 0.310 e. The van der Waals surface area contributed by atoms with Crippen LogP contribution in [-0.4, -0.2) is 6.04 Å². The van der Waals surface area contributed by atoms with Crippen LogP contribution in [0.15, 0.2) is 30.3 Å². The van der Waals surface area contributed by atoms with E-state index in [1.165, 1.54) is 19.1 Å². The molecule has 0 unspecified atom stereocenters. The van der Waals surface area contributed by atoms with Gasteiger partial charge in [-0.25, -0.2) is 8.78 Å². The first kappa shape index (κ1) is 15.9. The average molecular weight is 310 g/mol. The highest BCUT2D eigenvalue weighted by Gasteiger charge is 2.12. The molecule has 2 rings (SSSR count). The van der Waals surface area contributed by atoms with Gasteiger partial charge in [0.2, 0.25) is 0 Å². The zero-order valence-corrected chi connectivity index (χ0v) is 13.1. The molecule has 0 heterocycles. The van der Waals surface area contributed by atoms with Crippen LogP contribution in [0, 0.1) is 18.6 Å². The molecule has 21 heavy (non-hydrogen) atoms. The summed E-state index contributed by atoms with van der Waals surface area (Å²) in [7, 11) is 0. The zero-order chi connectivity index (χ0) is 15.6. The third kappa shape index (κ3) is 3.80. The summed E-state index contributed by atoms with van der Waals surface area (Å²) in [4.78, 5) is 0. The minimum absolute atomic E-state index is 0.187. The van der Waals surface area contributed by atoms with Crippen molar-refractivity contribution < 1.29 is 8.78 Å². The van der Waals surface area contributed by atoms with Gasteiger partial charge in [0.25, 0.3) is 0 Å². The SMILES string of the molecule is Cc1cc(F)c(-c2ccc(CNC(C)C)cc2Cl)cc1F. The Morgan fingerprint density at radius 3 is 2.38 bits per heavy atom. The number of hydrogen-bond acceptors (Lipinski definition) is 1. The Bertz CT molecular complexity index is 653. The maximum atomic E-state index is 14.0. The lowest BCUT2D eigenvalue weighted by Crippen LogP contribution is -2.21. The lowest BCUT2D eigenvalue weighted by atomic mass is 10.0. The van der Waals surface area contributed by atoms with Crippen molar-refractivity contribution in [2.75, 3.05) is 0 Å². The Balaban J connectivity index is 2.35. The molecule has 0 aliphatic heterocycles. The molecule has 2 aromatic rings. The minimum atomic E-state index is -0.469. The molecule has 2 aromatic carbocycles. The van der Waals surface area contributed by atoms with Gasteiger partial charge >= 0.3 is 0 Å². The number of aryl methyl sites for hydroxylation is 1.